The van der Waals surface area contributed by atoms with Gasteiger partial charge in [-0.15, -0.1) is 24.0 Å². The van der Waals surface area contributed by atoms with Gasteiger partial charge in [-0.3, -0.25) is 9.79 Å². The zero-order valence-corrected chi connectivity index (χ0v) is 18.6. The molecule has 0 radical (unpaired) electrons. The van der Waals surface area contributed by atoms with Crippen molar-refractivity contribution in [2.45, 2.75) is 58.0 Å². The van der Waals surface area contributed by atoms with Crippen LogP contribution < -0.4 is 10.6 Å². The van der Waals surface area contributed by atoms with Crippen LogP contribution in [-0.2, 0) is 9.53 Å². The highest BCUT2D eigenvalue weighted by Gasteiger charge is 2.42. The van der Waals surface area contributed by atoms with E-state index in [4.69, 9.17) is 4.74 Å². The van der Waals surface area contributed by atoms with Crippen LogP contribution in [0.3, 0.4) is 0 Å². The number of amides is 1. The van der Waals surface area contributed by atoms with Gasteiger partial charge in [0.15, 0.2) is 5.96 Å². The first-order valence-corrected chi connectivity index (χ1v) is 9.96. The molecule has 7 heteroatoms. The zero-order chi connectivity index (χ0) is 17.7. The summed E-state index contributed by atoms with van der Waals surface area (Å²) in [5.74, 6) is 1.82. The van der Waals surface area contributed by atoms with Crippen molar-refractivity contribution in [2.75, 3.05) is 39.8 Å². The molecule has 1 amide bonds. The maximum atomic E-state index is 11.7. The summed E-state index contributed by atoms with van der Waals surface area (Å²) in [6.07, 6.45) is 8.46. The van der Waals surface area contributed by atoms with E-state index in [1.54, 1.807) is 0 Å². The van der Waals surface area contributed by atoms with E-state index in [2.05, 4.69) is 27.4 Å². The van der Waals surface area contributed by atoms with Gasteiger partial charge in [-0.25, -0.2) is 0 Å². The van der Waals surface area contributed by atoms with E-state index in [9.17, 15) is 4.79 Å². The average molecular weight is 478 g/mol. The molecule has 26 heavy (non-hydrogen) atoms. The smallest absolute Gasteiger partial charge is 0.220 e. The van der Waals surface area contributed by atoms with Gasteiger partial charge in [0, 0.05) is 45.1 Å². The number of nitrogens with zero attached hydrogens (tertiary/aromatic N) is 2. The molecular formula is C19H35IN4O2. The molecule has 0 bridgehead atoms. The lowest BCUT2D eigenvalue weighted by molar-refractivity contribution is -0.119. The monoisotopic (exact) mass is 478 g/mol. The molecule has 6 nitrogen and oxygen atoms in total. The number of likely N-dealkylation sites (tertiary alicyclic amines) is 1. The van der Waals surface area contributed by atoms with Crippen molar-refractivity contribution in [2.24, 2.45) is 16.3 Å². The van der Waals surface area contributed by atoms with Gasteiger partial charge in [0.05, 0.1) is 12.7 Å². The van der Waals surface area contributed by atoms with Crippen LogP contribution in [0.5, 0.6) is 0 Å². The van der Waals surface area contributed by atoms with Gasteiger partial charge >= 0.3 is 0 Å². The third-order valence-electron chi connectivity index (χ3n) is 6.12. The Labute approximate surface area is 174 Å². The minimum absolute atomic E-state index is 0. The van der Waals surface area contributed by atoms with Crippen molar-refractivity contribution in [3.8, 4) is 0 Å². The van der Waals surface area contributed by atoms with E-state index in [0.717, 1.165) is 51.6 Å². The predicted octanol–water partition coefficient (Wildman–Crippen LogP) is 2.38. The fourth-order valence-corrected chi connectivity index (χ4v) is 4.66. The lowest BCUT2D eigenvalue weighted by atomic mass is 9.79. The first-order valence-electron chi connectivity index (χ1n) is 9.96. The lowest BCUT2D eigenvalue weighted by Gasteiger charge is -2.40. The molecule has 2 saturated heterocycles. The Hall–Kier alpha value is -0.570. The highest BCUT2D eigenvalue weighted by molar-refractivity contribution is 14.0. The van der Waals surface area contributed by atoms with Crippen LogP contribution in [0.15, 0.2) is 4.99 Å². The molecule has 0 aromatic carbocycles. The summed E-state index contributed by atoms with van der Waals surface area (Å²) in [7, 11) is 1.84. The molecule has 3 aliphatic rings. The van der Waals surface area contributed by atoms with Crippen LogP contribution in [-0.4, -0.2) is 62.7 Å². The van der Waals surface area contributed by atoms with Crippen LogP contribution in [0.4, 0.5) is 0 Å². The SMILES string of the molecule is CN=C(NCCOC1CCCCC1C)N1CCCC2(CNC(=O)C2)C1.I. The minimum Gasteiger partial charge on any atom is -0.376 e. The number of nitrogens with one attached hydrogen (secondary N) is 2. The van der Waals surface area contributed by atoms with Crippen molar-refractivity contribution < 1.29 is 9.53 Å². The number of hydrogen-bond acceptors (Lipinski definition) is 3. The third kappa shape index (κ3) is 5.47. The van der Waals surface area contributed by atoms with Crippen LogP contribution in [0.2, 0.25) is 0 Å². The second kappa shape index (κ2) is 10.1. The highest BCUT2D eigenvalue weighted by atomic mass is 127. The topological polar surface area (TPSA) is 66.0 Å². The van der Waals surface area contributed by atoms with Gasteiger partial charge in [-0.05, 0) is 31.6 Å². The quantitative estimate of drug-likeness (QED) is 0.282. The van der Waals surface area contributed by atoms with Gasteiger partial charge < -0.3 is 20.3 Å². The van der Waals surface area contributed by atoms with Gasteiger partial charge in [-0.2, -0.15) is 0 Å². The van der Waals surface area contributed by atoms with E-state index >= 15 is 0 Å². The van der Waals surface area contributed by atoms with Gasteiger partial charge in [0.25, 0.3) is 0 Å². The van der Waals surface area contributed by atoms with Gasteiger partial charge in [0.2, 0.25) is 5.91 Å². The number of halogens is 1. The average Bonchev–Trinajstić information content (AvgIpc) is 2.96. The molecule has 2 heterocycles. The largest absolute Gasteiger partial charge is 0.376 e. The molecule has 1 spiro atoms. The van der Waals surface area contributed by atoms with Crippen LogP contribution >= 0.6 is 24.0 Å². The second-order valence-electron chi connectivity index (χ2n) is 8.12. The summed E-state index contributed by atoms with van der Waals surface area (Å²) in [6, 6.07) is 0. The Balaban J connectivity index is 0.00000243. The molecule has 3 fully saturated rings. The van der Waals surface area contributed by atoms with E-state index in [1.807, 2.05) is 7.05 Å². The van der Waals surface area contributed by atoms with Gasteiger partial charge in [0.1, 0.15) is 0 Å². The Morgan fingerprint density at radius 2 is 2.19 bits per heavy atom. The van der Waals surface area contributed by atoms with Crippen LogP contribution in [0, 0.1) is 11.3 Å². The number of ether oxygens (including phenoxy) is 1. The molecule has 3 rings (SSSR count). The molecule has 0 aromatic heterocycles. The van der Waals surface area contributed by atoms with Crippen molar-refractivity contribution >= 4 is 35.8 Å². The molecular weight excluding hydrogens is 443 g/mol. The summed E-state index contributed by atoms with van der Waals surface area (Å²) in [4.78, 5) is 18.4. The van der Waals surface area contributed by atoms with Crippen LogP contribution in [0.25, 0.3) is 0 Å². The molecule has 2 aliphatic heterocycles. The maximum absolute atomic E-state index is 11.7. The normalized spacial score (nSPS) is 32.3. The zero-order valence-electron chi connectivity index (χ0n) is 16.3. The highest BCUT2D eigenvalue weighted by Crippen LogP contribution is 2.36. The number of carbonyl (C=O) groups is 1. The van der Waals surface area contributed by atoms with E-state index in [0.29, 0.717) is 18.4 Å². The number of aliphatic imine (C=N–C) groups is 1. The number of hydrogen-bond donors (Lipinski definition) is 2. The van der Waals surface area contributed by atoms with Crippen LogP contribution in [0.1, 0.15) is 51.9 Å². The van der Waals surface area contributed by atoms with E-state index < -0.39 is 0 Å². The Morgan fingerprint density at radius 1 is 1.38 bits per heavy atom. The molecule has 1 saturated carbocycles. The van der Waals surface area contributed by atoms with Gasteiger partial charge in [-0.1, -0.05) is 19.8 Å². The Bertz CT molecular complexity index is 502. The summed E-state index contributed by atoms with van der Waals surface area (Å²) < 4.78 is 6.09. The summed E-state index contributed by atoms with van der Waals surface area (Å²) >= 11 is 0. The Morgan fingerprint density at radius 3 is 2.88 bits per heavy atom. The first kappa shape index (κ1) is 21.7. The fourth-order valence-electron chi connectivity index (χ4n) is 4.66. The second-order valence-corrected chi connectivity index (χ2v) is 8.12. The molecule has 1 aliphatic carbocycles. The summed E-state index contributed by atoms with van der Waals surface area (Å²) in [6.45, 7) is 6.55. The van der Waals surface area contributed by atoms with E-state index in [1.165, 1.54) is 25.7 Å². The number of piperidine rings is 1. The first-order chi connectivity index (χ1) is 12.1. The molecule has 0 aromatic rings. The number of guanidine groups is 1. The lowest BCUT2D eigenvalue weighted by Crippen LogP contribution is -2.51. The van der Waals surface area contributed by atoms with Crippen molar-refractivity contribution in [1.29, 1.82) is 0 Å². The summed E-state index contributed by atoms with van der Waals surface area (Å²) in [5, 5.41) is 6.46. The Kier molecular flexibility index (Phi) is 8.44. The van der Waals surface area contributed by atoms with Crippen molar-refractivity contribution in [3.63, 3.8) is 0 Å². The number of rotatable bonds is 4. The predicted molar refractivity (Wildman–Crippen MR) is 115 cm³/mol. The third-order valence-corrected chi connectivity index (χ3v) is 6.12. The standard InChI is InChI=1S/C19H34N4O2.HI/c1-15-6-3-4-7-16(15)25-11-9-21-18(20-2)23-10-5-8-19(14-23)12-17(24)22-13-19;/h15-16H,3-14H2,1-2H3,(H,20,21)(H,22,24);1H. The summed E-state index contributed by atoms with van der Waals surface area (Å²) in [5.41, 5.74) is 0.0982. The minimum atomic E-state index is 0. The molecule has 3 unspecified atom stereocenters. The number of carbonyl (C=O) groups excluding carboxylic acids is 1. The maximum Gasteiger partial charge on any atom is 0.220 e. The van der Waals surface area contributed by atoms with E-state index in [-0.39, 0.29) is 35.3 Å². The molecule has 3 atom stereocenters. The molecule has 2 N–H and O–H groups in total. The van der Waals surface area contributed by atoms with Crippen molar-refractivity contribution in [3.05, 3.63) is 0 Å². The van der Waals surface area contributed by atoms with Crippen molar-refractivity contribution in [1.82, 2.24) is 15.5 Å². The molecule has 150 valence electrons. The fraction of sp³-hybridized carbons (Fsp3) is 0.895.